The van der Waals surface area contributed by atoms with Gasteiger partial charge in [-0.25, -0.2) is 4.79 Å². The molecule has 2 heterocycles. The zero-order chi connectivity index (χ0) is 24.9. The largest absolute Gasteiger partial charge is 0.493 e. The molecule has 0 unspecified atom stereocenters. The number of esters is 1. The second-order valence-corrected chi connectivity index (χ2v) is 10.2. The van der Waals surface area contributed by atoms with Crippen molar-refractivity contribution in [3.63, 3.8) is 0 Å². The van der Waals surface area contributed by atoms with Crippen LogP contribution in [0.5, 0.6) is 11.5 Å². The number of hydrogen-bond donors (Lipinski definition) is 0. The Bertz CT molecular complexity index is 1270. The summed E-state index contributed by atoms with van der Waals surface area (Å²) >= 11 is 0. The van der Waals surface area contributed by atoms with E-state index in [1.807, 2.05) is 18.2 Å². The van der Waals surface area contributed by atoms with Crippen molar-refractivity contribution in [2.45, 2.75) is 39.0 Å². The summed E-state index contributed by atoms with van der Waals surface area (Å²) in [6.07, 6.45) is 4.43. The Morgan fingerprint density at radius 1 is 1.00 bits per heavy atom. The van der Waals surface area contributed by atoms with E-state index in [4.69, 9.17) is 14.2 Å². The molecule has 2 aromatic rings. The van der Waals surface area contributed by atoms with Crippen molar-refractivity contribution in [2.75, 3.05) is 27.9 Å². The van der Waals surface area contributed by atoms with Crippen LogP contribution in [0, 0.1) is 5.41 Å². The Balaban J connectivity index is 1.68. The van der Waals surface area contributed by atoms with Crippen LogP contribution in [0.3, 0.4) is 0 Å². The molecule has 6 heteroatoms. The Morgan fingerprint density at radius 3 is 2.34 bits per heavy atom. The Morgan fingerprint density at radius 2 is 1.69 bits per heavy atom. The monoisotopic (exact) mass is 473 g/mol. The number of Topliss-reactive ketones (excluding diaryl/α,β-unsaturated/α-hetero) is 1. The van der Waals surface area contributed by atoms with E-state index in [1.54, 1.807) is 26.4 Å². The fourth-order valence-electron chi connectivity index (χ4n) is 5.67. The van der Waals surface area contributed by atoms with Gasteiger partial charge in [-0.15, -0.1) is 0 Å². The number of allylic oxidation sites excluding steroid dienone is 3. The number of fused-ring (bicyclic) bond motifs is 4. The molecular weight excluding hydrogens is 442 g/mol. The highest BCUT2D eigenvalue weighted by Crippen LogP contribution is 2.51. The number of hydrogen-bond acceptors (Lipinski definition) is 6. The van der Waals surface area contributed by atoms with Crippen molar-refractivity contribution in [1.29, 1.82) is 0 Å². The molecule has 0 saturated heterocycles. The molecule has 5 rings (SSSR count). The third-order valence-corrected chi connectivity index (χ3v) is 7.33. The minimum atomic E-state index is -0.373. The van der Waals surface area contributed by atoms with E-state index in [2.05, 4.69) is 30.9 Å². The molecule has 0 aromatic heterocycles. The predicted octanol–water partition coefficient (Wildman–Crippen LogP) is 5.13. The van der Waals surface area contributed by atoms with Crippen LogP contribution in [-0.2, 0) is 16.0 Å². The van der Waals surface area contributed by atoms with E-state index in [9.17, 15) is 9.59 Å². The molecule has 3 aliphatic rings. The van der Waals surface area contributed by atoms with Crippen molar-refractivity contribution in [2.24, 2.45) is 5.41 Å². The van der Waals surface area contributed by atoms with E-state index in [1.165, 1.54) is 12.7 Å². The van der Waals surface area contributed by atoms with Gasteiger partial charge >= 0.3 is 5.97 Å². The van der Waals surface area contributed by atoms with Gasteiger partial charge in [0.1, 0.15) is 0 Å². The van der Waals surface area contributed by atoms with Gasteiger partial charge in [0.15, 0.2) is 17.3 Å². The second-order valence-electron chi connectivity index (χ2n) is 10.2. The maximum Gasteiger partial charge on any atom is 0.337 e. The highest BCUT2D eigenvalue weighted by Gasteiger charge is 2.42. The lowest BCUT2D eigenvalue weighted by molar-refractivity contribution is -0.118. The summed E-state index contributed by atoms with van der Waals surface area (Å²) in [6.45, 7) is 5.14. The SMILES string of the molecule is COC(=O)c1ccc([C@@H]2C=C3c4cc(OC)c(OC)cc4CCN3C3=C2C(=O)CC(C)(C)C3)cc1. The molecule has 0 saturated carbocycles. The van der Waals surface area contributed by atoms with E-state index in [0.29, 0.717) is 17.7 Å². The highest BCUT2D eigenvalue weighted by molar-refractivity contribution is 6.01. The van der Waals surface area contributed by atoms with Crippen LogP contribution in [0.2, 0.25) is 0 Å². The molecule has 182 valence electrons. The molecule has 2 aliphatic heterocycles. The summed E-state index contributed by atoms with van der Waals surface area (Å²) < 4.78 is 16.0. The zero-order valence-electron chi connectivity index (χ0n) is 20.9. The summed E-state index contributed by atoms with van der Waals surface area (Å²) in [7, 11) is 4.68. The van der Waals surface area contributed by atoms with Gasteiger partial charge in [-0.05, 0) is 59.7 Å². The zero-order valence-corrected chi connectivity index (χ0v) is 20.9. The predicted molar refractivity (Wildman–Crippen MR) is 134 cm³/mol. The van der Waals surface area contributed by atoms with Crippen LogP contribution < -0.4 is 9.47 Å². The second kappa shape index (κ2) is 8.59. The first-order chi connectivity index (χ1) is 16.8. The number of methoxy groups -OCH3 is 3. The van der Waals surface area contributed by atoms with Crippen LogP contribution in [0.15, 0.2) is 53.7 Å². The van der Waals surface area contributed by atoms with Gasteiger partial charge in [0, 0.05) is 41.4 Å². The van der Waals surface area contributed by atoms with Crippen molar-refractivity contribution >= 4 is 17.4 Å². The summed E-state index contributed by atoms with van der Waals surface area (Å²) in [6, 6.07) is 11.5. The molecule has 0 fully saturated rings. The van der Waals surface area contributed by atoms with E-state index in [0.717, 1.165) is 53.2 Å². The van der Waals surface area contributed by atoms with Gasteiger partial charge in [0.05, 0.1) is 26.9 Å². The standard InChI is InChI=1S/C29H31NO5/c1-29(2)15-23-27(24(31)16-29)21(17-6-8-18(9-7-17)28(32)35-5)13-22-20-14-26(34-4)25(33-3)12-19(20)10-11-30(22)23/h6-9,12-14,21H,10-11,15-16H2,1-5H3/t21-/m0/s1. The molecule has 2 aromatic carbocycles. The summed E-state index contributed by atoms with van der Waals surface area (Å²) in [5.74, 6) is 1.05. The van der Waals surface area contributed by atoms with Gasteiger partial charge in [-0.1, -0.05) is 26.0 Å². The fraction of sp³-hybridized carbons (Fsp3) is 0.379. The lowest BCUT2D eigenvalue weighted by atomic mass is 9.69. The molecule has 0 bridgehead atoms. The van der Waals surface area contributed by atoms with Crippen LogP contribution in [0.1, 0.15) is 59.7 Å². The average molecular weight is 474 g/mol. The minimum Gasteiger partial charge on any atom is -0.493 e. The molecule has 0 amide bonds. The first kappa shape index (κ1) is 23.2. The number of ether oxygens (including phenoxy) is 3. The summed E-state index contributed by atoms with van der Waals surface area (Å²) in [4.78, 5) is 27.8. The first-order valence-corrected chi connectivity index (χ1v) is 12.0. The maximum atomic E-state index is 13.5. The average Bonchev–Trinajstić information content (AvgIpc) is 2.85. The molecule has 6 nitrogen and oxygen atoms in total. The number of nitrogens with zero attached hydrogens (tertiary/aromatic N) is 1. The normalized spacial score (nSPS) is 20.4. The topological polar surface area (TPSA) is 65.1 Å². The number of benzene rings is 2. The first-order valence-electron chi connectivity index (χ1n) is 12.0. The summed E-state index contributed by atoms with van der Waals surface area (Å²) in [5, 5.41) is 0. The minimum absolute atomic E-state index is 0.102. The maximum absolute atomic E-state index is 13.5. The van der Waals surface area contributed by atoms with Crippen LogP contribution in [-0.4, -0.2) is 44.5 Å². The van der Waals surface area contributed by atoms with Crippen molar-refractivity contribution in [3.8, 4) is 11.5 Å². The Labute approximate surface area is 206 Å². The van der Waals surface area contributed by atoms with E-state index < -0.39 is 0 Å². The molecule has 0 N–H and O–H groups in total. The fourth-order valence-corrected chi connectivity index (χ4v) is 5.67. The molecular formula is C29H31NO5. The quantitative estimate of drug-likeness (QED) is 0.574. The smallest absolute Gasteiger partial charge is 0.337 e. The molecule has 0 spiro atoms. The van der Waals surface area contributed by atoms with E-state index >= 15 is 0 Å². The third kappa shape index (κ3) is 3.91. The molecule has 0 radical (unpaired) electrons. The van der Waals surface area contributed by atoms with Gasteiger partial charge in [0.25, 0.3) is 0 Å². The molecule has 1 aliphatic carbocycles. The van der Waals surface area contributed by atoms with Crippen molar-refractivity contribution in [1.82, 2.24) is 4.90 Å². The lowest BCUT2D eigenvalue weighted by Gasteiger charge is -2.46. The highest BCUT2D eigenvalue weighted by atomic mass is 16.5. The Hall–Kier alpha value is -3.54. The van der Waals surface area contributed by atoms with Crippen molar-refractivity contribution < 1.29 is 23.8 Å². The van der Waals surface area contributed by atoms with Crippen LogP contribution >= 0.6 is 0 Å². The van der Waals surface area contributed by atoms with Gasteiger partial charge in [-0.3, -0.25) is 4.79 Å². The van der Waals surface area contributed by atoms with Crippen LogP contribution in [0.4, 0.5) is 0 Å². The molecule has 35 heavy (non-hydrogen) atoms. The number of ketones is 1. The number of carbonyl (C=O) groups is 2. The van der Waals surface area contributed by atoms with E-state index in [-0.39, 0.29) is 23.1 Å². The van der Waals surface area contributed by atoms with Gasteiger partial charge in [-0.2, -0.15) is 0 Å². The number of rotatable bonds is 4. The van der Waals surface area contributed by atoms with Crippen molar-refractivity contribution in [3.05, 3.63) is 76.0 Å². The summed E-state index contributed by atoms with van der Waals surface area (Å²) in [5.41, 5.74) is 6.77. The third-order valence-electron chi connectivity index (χ3n) is 7.33. The lowest BCUT2D eigenvalue weighted by Crippen LogP contribution is -2.40. The van der Waals surface area contributed by atoms with Gasteiger partial charge < -0.3 is 19.1 Å². The number of carbonyl (C=O) groups excluding carboxylic acids is 2. The van der Waals surface area contributed by atoms with Gasteiger partial charge in [0.2, 0.25) is 0 Å². The Kier molecular flexibility index (Phi) is 5.70. The van der Waals surface area contributed by atoms with Crippen LogP contribution in [0.25, 0.3) is 5.70 Å². The molecule has 1 atom stereocenters.